The molecule has 0 N–H and O–H groups in total. The van der Waals surface area contributed by atoms with E-state index >= 15 is 0 Å². The average molecular weight is 299 g/mol. The first kappa shape index (κ1) is 12.2. The van der Waals surface area contributed by atoms with E-state index in [4.69, 9.17) is 0 Å². The smallest absolute Gasteiger partial charge is 0.250 e. The fraction of sp³-hybridized carbons (Fsp3) is 0. The minimum atomic E-state index is 0. The number of benzene rings is 2. The average Bonchev–Trinajstić information content (AvgIpc) is 2.69. The van der Waals surface area contributed by atoms with Gasteiger partial charge in [0.2, 0.25) is 11.0 Å². The zero-order chi connectivity index (χ0) is 11.0. The summed E-state index contributed by atoms with van der Waals surface area (Å²) in [6, 6.07) is 17.2. The summed E-state index contributed by atoms with van der Waals surface area (Å²) in [4.78, 5) is 2.11. The van der Waals surface area contributed by atoms with Crippen LogP contribution in [-0.2, 0) is 32.7 Å². The van der Waals surface area contributed by atoms with E-state index < -0.39 is 0 Å². The molecule has 17 heavy (non-hydrogen) atoms. The molecule has 0 saturated heterocycles. The van der Waals surface area contributed by atoms with Crippen molar-refractivity contribution in [3.05, 3.63) is 59.8 Å². The minimum absolute atomic E-state index is 0. The van der Waals surface area contributed by atoms with Gasteiger partial charge in [0.05, 0.1) is 5.10 Å². The van der Waals surface area contributed by atoms with Crippen LogP contribution in [0.5, 0.6) is 0 Å². The molecule has 3 rings (SSSR count). The molecule has 0 aliphatic carbocycles. The maximum absolute atomic E-state index is 11.9. The maximum Gasteiger partial charge on any atom is 0.250 e. The molecule has 0 unspecified atom stereocenters. The van der Waals surface area contributed by atoms with Gasteiger partial charge in [-0.1, -0.05) is 12.1 Å². The molecule has 2 aromatic carbocycles. The van der Waals surface area contributed by atoms with Crippen LogP contribution in [0.25, 0.3) is 16.7 Å². The Bertz CT molecular complexity index is 637. The van der Waals surface area contributed by atoms with Gasteiger partial charge in [0.1, 0.15) is 0 Å². The predicted molar refractivity (Wildman–Crippen MR) is 58.9 cm³/mol. The number of hydrogen-bond acceptors (Lipinski definition) is 2. The SMILES string of the molecule is [O-][n+]1c2ccccc2nn1-c1cc[c-]cc1.[Y]. The second kappa shape index (κ2) is 4.94. The van der Waals surface area contributed by atoms with Crippen LogP contribution in [0.2, 0.25) is 0 Å². The van der Waals surface area contributed by atoms with Gasteiger partial charge in [-0.15, -0.1) is 17.0 Å². The summed E-state index contributed by atoms with van der Waals surface area (Å²) in [6.45, 7) is 0. The van der Waals surface area contributed by atoms with Gasteiger partial charge in [0.15, 0.2) is 0 Å². The number of nitrogens with zero attached hydrogens (tertiary/aromatic N) is 3. The van der Waals surface area contributed by atoms with Crippen molar-refractivity contribution >= 4 is 11.0 Å². The van der Waals surface area contributed by atoms with Gasteiger partial charge < -0.3 is 5.21 Å². The van der Waals surface area contributed by atoms with Crippen LogP contribution in [0.1, 0.15) is 0 Å². The zero-order valence-electron chi connectivity index (χ0n) is 8.95. The number of hydrogen-bond donors (Lipinski definition) is 0. The number of fused-ring (bicyclic) bond motifs is 1. The number of aromatic nitrogens is 3. The van der Waals surface area contributed by atoms with Crippen molar-refractivity contribution in [2.45, 2.75) is 0 Å². The van der Waals surface area contributed by atoms with Crippen LogP contribution in [-0.4, -0.2) is 9.90 Å². The third-order valence-corrected chi connectivity index (χ3v) is 2.39. The first-order valence-electron chi connectivity index (χ1n) is 4.90. The molecular weight excluding hydrogens is 291 g/mol. The maximum atomic E-state index is 11.9. The Labute approximate surface area is 123 Å². The van der Waals surface area contributed by atoms with Gasteiger partial charge in [0, 0.05) is 38.4 Å². The van der Waals surface area contributed by atoms with Gasteiger partial charge >= 0.3 is 0 Å². The molecule has 0 atom stereocenters. The number of para-hydroxylation sites is 1. The molecule has 0 aliphatic rings. The zero-order valence-corrected chi connectivity index (χ0v) is 11.8. The number of rotatable bonds is 1. The van der Waals surface area contributed by atoms with Gasteiger partial charge in [-0.3, -0.25) is 0 Å². The van der Waals surface area contributed by atoms with Crippen LogP contribution >= 0.6 is 0 Å². The monoisotopic (exact) mass is 299 g/mol. The van der Waals surface area contributed by atoms with Gasteiger partial charge in [0.25, 0.3) is 0 Å². The van der Waals surface area contributed by atoms with Crippen molar-refractivity contribution in [1.29, 1.82) is 0 Å². The van der Waals surface area contributed by atoms with Crippen molar-refractivity contribution < 1.29 is 37.6 Å². The molecular formula is C12H8N3OY-. The molecule has 0 saturated carbocycles. The fourth-order valence-electron chi connectivity index (χ4n) is 1.63. The Morgan fingerprint density at radius 2 is 1.82 bits per heavy atom. The standard InChI is InChI=1S/C12H8N3O.Y/c16-15-12-9-5-4-8-11(12)13-14(15)10-6-2-1-3-7-10;/h2-9H;/q-1;. The quantitative estimate of drug-likeness (QED) is 0.388. The van der Waals surface area contributed by atoms with Crippen molar-refractivity contribution in [3.8, 4) is 5.69 Å². The van der Waals surface area contributed by atoms with E-state index in [0.717, 1.165) is 10.5 Å². The molecule has 0 spiro atoms. The van der Waals surface area contributed by atoms with E-state index in [9.17, 15) is 5.21 Å². The summed E-state index contributed by atoms with van der Waals surface area (Å²) in [5.41, 5.74) is 1.98. The second-order valence-corrected chi connectivity index (χ2v) is 3.41. The molecule has 1 radical (unpaired) electrons. The fourth-order valence-corrected chi connectivity index (χ4v) is 1.63. The summed E-state index contributed by atoms with van der Waals surface area (Å²) >= 11 is 0. The van der Waals surface area contributed by atoms with E-state index in [1.165, 1.54) is 4.80 Å². The van der Waals surface area contributed by atoms with Crippen LogP contribution < -0.4 is 4.85 Å². The van der Waals surface area contributed by atoms with Crippen molar-refractivity contribution in [2.24, 2.45) is 0 Å². The Morgan fingerprint density at radius 3 is 2.53 bits per heavy atom. The van der Waals surface area contributed by atoms with E-state index in [1.54, 1.807) is 30.3 Å². The van der Waals surface area contributed by atoms with E-state index in [-0.39, 0.29) is 32.7 Å². The van der Waals surface area contributed by atoms with Crippen molar-refractivity contribution in [3.63, 3.8) is 0 Å². The van der Waals surface area contributed by atoms with Crippen LogP contribution in [0.3, 0.4) is 0 Å². The third kappa shape index (κ3) is 2.10. The molecule has 81 valence electrons. The molecule has 0 aliphatic heterocycles. The van der Waals surface area contributed by atoms with Crippen LogP contribution in [0.15, 0.2) is 48.5 Å². The molecule has 0 bridgehead atoms. The molecule has 4 nitrogen and oxygen atoms in total. The minimum Gasteiger partial charge on any atom is -0.692 e. The van der Waals surface area contributed by atoms with Gasteiger partial charge in [-0.25, -0.2) is 0 Å². The Balaban J connectivity index is 0.00000108. The Morgan fingerprint density at radius 1 is 1.12 bits per heavy atom. The van der Waals surface area contributed by atoms with E-state index in [0.29, 0.717) is 11.0 Å². The van der Waals surface area contributed by atoms with Crippen molar-refractivity contribution in [1.82, 2.24) is 9.90 Å². The molecule has 3 aromatic rings. The second-order valence-electron chi connectivity index (χ2n) is 3.41. The van der Waals surface area contributed by atoms with E-state index in [2.05, 4.69) is 11.2 Å². The Kier molecular flexibility index (Phi) is 3.55. The normalized spacial score (nSPS) is 10.1. The molecule has 5 heteroatoms. The summed E-state index contributed by atoms with van der Waals surface area (Å²) in [5.74, 6) is 0. The van der Waals surface area contributed by atoms with Crippen molar-refractivity contribution in [2.75, 3.05) is 0 Å². The summed E-state index contributed by atoms with van der Waals surface area (Å²) < 4.78 is 0. The summed E-state index contributed by atoms with van der Waals surface area (Å²) in [6.07, 6.45) is 0. The molecule has 0 amide bonds. The van der Waals surface area contributed by atoms with E-state index in [1.807, 2.05) is 18.2 Å². The summed E-state index contributed by atoms with van der Waals surface area (Å²) in [5, 5.41) is 16.2. The molecule has 1 heterocycles. The predicted octanol–water partition coefficient (Wildman–Crippen LogP) is 1.46. The largest absolute Gasteiger partial charge is 0.692 e. The first-order chi connectivity index (χ1) is 7.86. The van der Waals surface area contributed by atoms with Gasteiger partial charge in [-0.05, 0) is 16.9 Å². The van der Waals surface area contributed by atoms with Gasteiger partial charge in [-0.2, -0.15) is 18.2 Å². The first-order valence-corrected chi connectivity index (χ1v) is 4.90. The topological polar surface area (TPSA) is 44.8 Å². The molecule has 1 aromatic heterocycles. The Hall–Kier alpha value is -1.26. The molecule has 0 fully saturated rings. The van der Waals surface area contributed by atoms with Crippen LogP contribution in [0, 0.1) is 11.3 Å². The summed E-state index contributed by atoms with van der Waals surface area (Å²) in [7, 11) is 0. The third-order valence-electron chi connectivity index (χ3n) is 2.39. The van der Waals surface area contributed by atoms with Crippen LogP contribution in [0.4, 0.5) is 0 Å².